The quantitative estimate of drug-likeness (QED) is 0.601. The van der Waals surface area contributed by atoms with E-state index >= 15 is 0 Å². The number of benzene rings is 1. The van der Waals surface area contributed by atoms with E-state index in [1.54, 1.807) is 49.9 Å². The van der Waals surface area contributed by atoms with Crippen molar-refractivity contribution in [2.75, 3.05) is 25.6 Å². The Hall–Kier alpha value is -2.87. The van der Waals surface area contributed by atoms with E-state index < -0.39 is 12.0 Å². The molecule has 0 saturated carbocycles. The minimum absolute atomic E-state index is 0.0677. The SMILES string of the molecule is CCCCN1C(=O)N[C@H](c2cccc(NC(=O)COC)c2)C(C(=O)OC(C)C)=C1C. The number of hydrogen-bond donors (Lipinski definition) is 2. The van der Waals surface area contributed by atoms with E-state index in [4.69, 9.17) is 9.47 Å². The van der Waals surface area contributed by atoms with Crippen LogP contribution < -0.4 is 10.6 Å². The van der Waals surface area contributed by atoms with Crippen molar-refractivity contribution in [1.29, 1.82) is 0 Å². The van der Waals surface area contributed by atoms with Crippen molar-refractivity contribution >= 4 is 23.6 Å². The highest BCUT2D eigenvalue weighted by Gasteiger charge is 2.36. The van der Waals surface area contributed by atoms with Gasteiger partial charge in [0.2, 0.25) is 5.91 Å². The molecule has 2 N–H and O–H groups in total. The number of urea groups is 1. The molecule has 1 aliphatic rings. The predicted octanol–water partition coefficient (Wildman–Crippen LogP) is 3.36. The van der Waals surface area contributed by atoms with Crippen LogP contribution in [-0.4, -0.2) is 49.2 Å². The molecule has 0 saturated heterocycles. The second kappa shape index (κ2) is 10.8. The Morgan fingerprint density at radius 2 is 2.03 bits per heavy atom. The molecular weight excluding hydrogens is 386 g/mol. The second-order valence-corrected chi connectivity index (χ2v) is 7.45. The molecule has 164 valence electrons. The molecule has 8 heteroatoms. The first kappa shape index (κ1) is 23.4. The lowest BCUT2D eigenvalue weighted by Crippen LogP contribution is -2.48. The van der Waals surface area contributed by atoms with Crippen molar-refractivity contribution < 1.29 is 23.9 Å². The van der Waals surface area contributed by atoms with Gasteiger partial charge in [-0.1, -0.05) is 25.5 Å². The Balaban J connectivity index is 2.43. The zero-order valence-electron chi connectivity index (χ0n) is 18.3. The number of ether oxygens (including phenoxy) is 2. The van der Waals surface area contributed by atoms with Gasteiger partial charge in [-0.3, -0.25) is 9.69 Å². The Morgan fingerprint density at radius 3 is 2.67 bits per heavy atom. The maximum Gasteiger partial charge on any atom is 0.338 e. The zero-order chi connectivity index (χ0) is 22.3. The fourth-order valence-electron chi connectivity index (χ4n) is 3.28. The summed E-state index contributed by atoms with van der Waals surface area (Å²) < 4.78 is 10.3. The van der Waals surface area contributed by atoms with Crippen LogP contribution in [0.25, 0.3) is 0 Å². The summed E-state index contributed by atoms with van der Waals surface area (Å²) >= 11 is 0. The minimum atomic E-state index is -0.680. The number of nitrogens with one attached hydrogen (secondary N) is 2. The summed E-state index contributed by atoms with van der Waals surface area (Å²) in [6, 6.07) is 6.08. The number of anilines is 1. The average molecular weight is 418 g/mol. The number of hydrogen-bond acceptors (Lipinski definition) is 5. The van der Waals surface area contributed by atoms with Gasteiger partial charge in [0.25, 0.3) is 0 Å². The summed E-state index contributed by atoms with van der Waals surface area (Å²) in [5.41, 5.74) is 2.19. The molecule has 0 bridgehead atoms. The Labute approximate surface area is 177 Å². The van der Waals surface area contributed by atoms with Crippen LogP contribution in [-0.2, 0) is 19.1 Å². The fraction of sp³-hybridized carbons (Fsp3) is 0.500. The van der Waals surface area contributed by atoms with Gasteiger partial charge in [0.15, 0.2) is 0 Å². The third kappa shape index (κ3) is 5.82. The first-order chi connectivity index (χ1) is 14.3. The van der Waals surface area contributed by atoms with E-state index in [0.29, 0.717) is 29.1 Å². The second-order valence-electron chi connectivity index (χ2n) is 7.45. The smallest absolute Gasteiger partial charge is 0.338 e. The summed E-state index contributed by atoms with van der Waals surface area (Å²) in [6.07, 6.45) is 1.46. The molecule has 1 atom stereocenters. The molecular formula is C22H31N3O5. The third-order valence-electron chi connectivity index (χ3n) is 4.67. The molecule has 1 aromatic carbocycles. The summed E-state index contributed by atoms with van der Waals surface area (Å²) in [6.45, 7) is 7.83. The van der Waals surface area contributed by atoms with Crippen LogP contribution >= 0.6 is 0 Å². The largest absolute Gasteiger partial charge is 0.459 e. The predicted molar refractivity (Wildman–Crippen MR) is 114 cm³/mol. The van der Waals surface area contributed by atoms with Crippen LogP contribution in [0.3, 0.4) is 0 Å². The van der Waals surface area contributed by atoms with Crippen molar-refractivity contribution in [3.63, 3.8) is 0 Å². The number of allylic oxidation sites excluding steroid dienone is 1. The lowest BCUT2D eigenvalue weighted by Gasteiger charge is -2.35. The van der Waals surface area contributed by atoms with E-state index in [1.165, 1.54) is 7.11 Å². The number of nitrogens with zero attached hydrogens (tertiary/aromatic N) is 1. The number of unbranched alkanes of at least 4 members (excludes halogenated alkanes) is 1. The Morgan fingerprint density at radius 1 is 1.30 bits per heavy atom. The molecule has 0 aliphatic carbocycles. The van der Waals surface area contributed by atoms with Crippen LogP contribution in [0.1, 0.15) is 52.1 Å². The average Bonchev–Trinajstić information content (AvgIpc) is 2.67. The van der Waals surface area contributed by atoms with Crippen LogP contribution in [0.5, 0.6) is 0 Å². The van der Waals surface area contributed by atoms with Gasteiger partial charge in [0.05, 0.1) is 17.7 Å². The molecule has 8 nitrogen and oxygen atoms in total. The van der Waals surface area contributed by atoms with Crippen molar-refractivity contribution in [2.24, 2.45) is 0 Å². The van der Waals surface area contributed by atoms with E-state index in [2.05, 4.69) is 10.6 Å². The highest BCUT2D eigenvalue weighted by molar-refractivity contribution is 5.95. The molecule has 0 spiro atoms. The van der Waals surface area contributed by atoms with E-state index in [9.17, 15) is 14.4 Å². The van der Waals surface area contributed by atoms with Gasteiger partial charge in [-0.25, -0.2) is 9.59 Å². The van der Waals surface area contributed by atoms with E-state index in [0.717, 1.165) is 12.8 Å². The van der Waals surface area contributed by atoms with Gasteiger partial charge in [0, 0.05) is 25.0 Å². The van der Waals surface area contributed by atoms with Crippen molar-refractivity contribution in [3.05, 3.63) is 41.1 Å². The highest BCUT2D eigenvalue weighted by atomic mass is 16.5. The van der Waals surface area contributed by atoms with Gasteiger partial charge in [-0.15, -0.1) is 0 Å². The van der Waals surface area contributed by atoms with Crippen molar-refractivity contribution in [1.82, 2.24) is 10.2 Å². The number of carbonyl (C=O) groups excluding carboxylic acids is 3. The van der Waals surface area contributed by atoms with Crippen LogP contribution in [0.15, 0.2) is 35.5 Å². The number of methoxy groups -OCH3 is 1. The van der Waals surface area contributed by atoms with E-state index in [-0.39, 0.29) is 24.6 Å². The molecule has 0 radical (unpaired) electrons. The summed E-state index contributed by atoms with van der Waals surface area (Å²) in [5, 5.41) is 5.66. The van der Waals surface area contributed by atoms with Gasteiger partial charge in [0.1, 0.15) is 6.61 Å². The standard InChI is InChI=1S/C22H31N3O5/c1-6-7-11-25-15(4)19(21(27)30-14(2)3)20(24-22(25)28)16-9-8-10-17(12-16)23-18(26)13-29-5/h8-10,12,14,20H,6-7,11,13H2,1-5H3,(H,23,26)(H,24,28)/t20-/m1/s1. The first-order valence-corrected chi connectivity index (χ1v) is 10.2. The van der Waals surface area contributed by atoms with Crippen LogP contribution in [0.2, 0.25) is 0 Å². The fourth-order valence-corrected chi connectivity index (χ4v) is 3.28. The highest BCUT2D eigenvalue weighted by Crippen LogP contribution is 2.32. The Bertz CT molecular complexity index is 819. The van der Waals surface area contributed by atoms with E-state index in [1.807, 2.05) is 6.92 Å². The zero-order valence-corrected chi connectivity index (χ0v) is 18.3. The summed E-state index contributed by atoms with van der Waals surface area (Å²) in [4.78, 5) is 39.1. The minimum Gasteiger partial charge on any atom is -0.459 e. The third-order valence-corrected chi connectivity index (χ3v) is 4.67. The topological polar surface area (TPSA) is 97.0 Å². The first-order valence-electron chi connectivity index (χ1n) is 10.2. The maximum absolute atomic E-state index is 12.9. The molecule has 30 heavy (non-hydrogen) atoms. The molecule has 2 rings (SSSR count). The monoisotopic (exact) mass is 417 g/mol. The normalized spacial score (nSPS) is 16.5. The molecule has 3 amide bonds. The number of esters is 1. The number of amides is 3. The lowest BCUT2D eigenvalue weighted by molar-refractivity contribution is -0.143. The van der Waals surface area contributed by atoms with Crippen LogP contribution in [0.4, 0.5) is 10.5 Å². The van der Waals surface area contributed by atoms with Gasteiger partial charge < -0.3 is 20.1 Å². The van der Waals surface area contributed by atoms with Gasteiger partial charge in [-0.2, -0.15) is 0 Å². The van der Waals surface area contributed by atoms with Crippen molar-refractivity contribution in [2.45, 2.75) is 52.7 Å². The van der Waals surface area contributed by atoms with Gasteiger partial charge >= 0.3 is 12.0 Å². The molecule has 1 aliphatic heterocycles. The number of rotatable bonds is 9. The lowest BCUT2D eigenvalue weighted by atomic mass is 9.94. The molecule has 1 heterocycles. The molecule has 0 unspecified atom stereocenters. The molecule has 0 fully saturated rings. The summed E-state index contributed by atoms with van der Waals surface area (Å²) in [5.74, 6) is -0.762. The van der Waals surface area contributed by atoms with Crippen LogP contribution in [0, 0.1) is 0 Å². The number of carbonyl (C=O) groups is 3. The summed E-state index contributed by atoms with van der Waals surface area (Å²) in [7, 11) is 1.44. The maximum atomic E-state index is 12.9. The Kier molecular flexibility index (Phi) is 8.41. The van der Waals surface area contributed by atoms with Crippen molar-refractivity contribution in [3.8, 4) is 0 Å². The van der Waals surface area contributed by atoms with Gasteiger partial charge in [-0.05, 0) is 44.9 Å². The molecule has 1 aromatic rings. The molecule has 0 aromatic heterocycles.